The highest BCUT2D eigenvalue weighted by Gasteiger charge is 2.08. The summed E-state index contributed by atoms with van der Waals surface area (Å²) in [4.78, 5) is 0. The first kappa shape index (κ1) is 9.77. The van der Waals surface area contributed by atoms with E-state index in [-0.39, 0.29) is 5.84 Å². The molecule has 0 unspecified atom stereocenters. The second-order valence-electron chi connectivity index (χ2n) is 3.50. The van der Waals surface area contributed by atoms with Crippen LogP contribution < -0.4 is 5.73 Å². The van der Waals surface area contributed by atoms with Gasteiger partial charge in [0.15, 0.2) is 0 Å². The van der Waals surface area contributed by atoms with Crippen LogP contribution in [0.5, 0.6) is 0 Å². The Bertz CT molecular complexity index is 311. The molecule has 0 radical (unpaired) electrons. The summed E-state index contributed by atoms with van der Waals surface area (Å²) in [5, 5.41) is 11.4. The fourth-order valence-electron chi connectivity index (χ4n) is 1.36. The van der Waals surface area contributed by atoms with Crippen molar-refractivity contribution in [2.24, 2.45) is 5.73 Å². The van der Waals surface area contributed by atoms with E-state index in [9.17, 15) is 0 Å². The van der Waals surface area contributed by atoms with Gasteiger partial charge in [-0.25, -0.2) is 0 Å². The maximum Gasteiger partial charge on any atom is 0.0951 e. The summed E-state index contributed by atoms with van der Waals surface area (Å²) in [5.74, 6) is 0.186. The van der Waals surface area contributed by atoms with Gasteiger partial charge in [0, 0.05) is 23.7 Å². The molecule has 0 aliphatic carbocycles. The van der Waals surface area contributed by atoms with Gasteiger partial charge < -0.3 is 5.73 Å². The lowest BCUT2D eigenvalue weighted by Crippen LogP contribution is -2.13. The molecular formula is C9H16N4. The molecule has 1 heterocycles. The molecule has 3 N–H and O–H groups in total. The topological polar surface area (TPSA) is 67.7 Å². The molecule has 1 aromatic rings. The van der Waals surface area contributed by atoms with Crippen molar-refractivity contribution in [3.8, 4) is 0 Å². The summed E-state index contributed by atoms with van der Waals surface area (Å²) in [5.41, 5.74) is 7.47. The van der Waals surface area contributed by atoms with Crippen LogP contribution in [0.1, 0.15) is 31.1 Å². The van der Waals surface area contributed by atoms with Gasteiger partial charge in [-0.2, -0.15) is 5.10 Å². The molecule has 0 saturated carbocycles. The van der Waals surface area contributed by atoms with E-state index >= 15 is 0 Å². The molecule has 0 fully saturated rings. The molecule has 0 saturated heterocycles. The van der Waals surface area contributed by atoms with Crippen molar-refractivity contribution < 1.29 is 0 Å². The molecule has 0 atom stereocenters. The molecule has 13 heavy (non-hydrogen) atoms. The number of nitrogens with two attached hydrogens (primary N) is 1. The van der Waals surface area contributed by atoms with E-state index < -0.39 is 0 Å². The van der Waals surface area contributed by atoms with Gasteiger partial charge in [0.1, 0.15) is 0 Å². The third-order valence-electron chi connectivity index (χ3n) is 2.02. The Balaban J connectivity index is 2.92. The normalized spacial score (nSPS) is 10.8. The maximum atomic E-state index is 7.19. The fraction of sp³-hybridized carbons (Fsp3) is 0.556. The number of aromatic nitrogens is 2. The van der Waals surface area contributed by atoms with E-state index in [4.69, 9.17) is 11.1 Å². The Morgan fingerprint density at radius 2 is 2.31 bits per heavy atom. The standard InChI is InChI=1S/C9H16N4/c1-6(2)13-7(3)8(5-12-13)4-9(10)11/h5-6H,4H2,1-3H3,(H3,10,11). The Labute approximate surface area is 78.3 Å². The van der Waals surface area contributed by atoms with Crippen LogP contribution in [-0.4, -0.2) is 15.6 Å². The molecule has 0 bridgehead atoms. The SMILES string of the molecule is Cc1c(CC(=N)N)cnn1C(C)C. The summed E-state index contributed by atoms with van der Waals surface area (Å²) >= 11 is 0. The van der Waals surface area contributed by atoms with Crippen molar-refractivity contribution in [1.82, 2.24) is 9.78 Å². The zero-order valence-electron chi connectivity index (χ0n) is 8.33. The van der Waals surface area contributed by atoms with E-state index in [1.165, 1.54) is 0 Å². The summed E-state index contributed by atoms with van der Waals surface area (Å²) < 4.78 is 1.94. The van der Waals surface area contributed by atoms with Gasteiger partial charge in [0.05, 0.1) is 12.0 Å². The minimum absolute atomic E-state index is 0.186. The highest BCUT2D eigenvalue weighted by Crippen LogP contribution is 2.12. The van der Waals surface area contributed by atoms with Gasteiger partial charge in [-0.3, -0.25) is 10.1 Å². The van der Waals surface area contributed by atoms with Crippen LogP contribution in [0.4, 0.5) is 0 Å². The monoisotopic (exact) mass is 180 g/mol. The zero-order chi connectivity index (χ0) is 10.0. The smallest absolute Gasteiger partial charge is 0.0951 e. The summed E-state index contributed by atoms with van der Waals surface area (Å²) in [6, 6.07) is 0.362. The summed E-state index contributed by atoms with van der Waals surface area (Å²) in [6.07, 6.45) is 2.29. The van der Waals surface area contributed by atoms with Gasteiger partial charge in [0.2, 0.25) is 0 Å². The van der Waals surface area contributed by atoms with Crippen LogP contribution in [0.3, 0.4) is 0 Å². The molecule has 1 rings (SSSR count). The van der Waals surface area contributed by atoms with Crippen molar-refractivity contribution in [1.29, 1.82) is 5.41 Å². The van der Waals surface area contributed by atoms with Gasteiger partial charge in [0.25, 0.3) is 0 Å². The van der Waals surface area contributed by atoms with Crippen molar-refractivity contribution >= 4 is 5.84 Å². The highest BCUT2D eigenvalue weighted by molar-refractivity contribution is 5.79. The Morgan fingerprint density at radius 1 is 1.69 bits per heavy atom. The molecule has 0 spiro atoms. The van der Waals surface area contributed by atoms with Crippen molar-refractivity contribution in [3.05, 3.63) is 17.5 Å². The average molecular weight is 180 g/mol. The van der Waals surface area contributed by atoms with Crippen LogP contribution in [-0.2, 0) is 6.42 Å². The first-order valence-electron chi connectivity index (χ1n) is 4.38. The third-order valence-corrected chi connectivity index (χ3v) is 2.02. The van der Waals surface area contributed by atoms with Gasteiger partial charge in [-0.15, -0.1) is 0 Å². The van der Waals surface area contributed by atoms with Gasteiger partial charge in [-0.1, -0.05) is 0 Å². The first-order chi connectivity index (χ1) is 6.02. The Hall–Kier alpha value is -1.32. The van der Waals surface area contributed by atoms with E-state index in [0.717, 1.165) is 11.3 Å². The van der Waals surface area contributed by atoms with Gasteiger partial charge in [-0.05, 0) is 20.8 Å². The van der Waals surface area contributed by atoms with Crippen LogP contribution in [0, 0.1) is 12.3 Å². The molecule has 4 heteroatoms. The van der Waals surface area contributed by atoms with Crippen LogP contribution in [0.2, 0.25) is 0 Å². The van der Waals surface area contributed by atoms with E-state index in [2.05, 4.69) is 18.9 Å². The highest BCUT2D eigenvalue weighted by atomic mass is 15.3. The number of hydrogen-bond donors (Lipinski definition) is 2. The number of nitrogens with zero attached hydrogens (tertiary/aromatic N) is 2. The molecule has 72 valence electrons. The van der Waals surface area contributed by atoms with E-state index in [1.807, 2.05) is 11.6 Å². The fourth-order valence-corrected chi connectivity index (χ4v) is 1.36. The minimum Gasteiger partial charge on any atom is -0.387 e. The molecule has 0 amide bonds. The van der Waals surface area contributed by atoms with E-state index in [1.54, 1.807) is 6.20 Å². The van der Waals surface area contributed by atoms with Crippen molar-refractivity contribution in [2.45, 2.75) is 33.2 Å². The predicted molar refractivity (Wildman–Crippen MR) is 53.0 cm³/mol. The number of amidine groups is 1. The number of nitrogens with one attached hydrogen (secondary N) is 1. The molecule has 0 aliphatic heterocycles. The average Bonchev–Trinajstić information content (AvgIpc) is 2.32. The lowest BCUT2D eigenvalue weighted by atomic mass is 10.2. The number of rotatable bonds is 3. The van der Waals surface area contributed by atoms with Crippen LogP contribution >= 0.6 is 0 Å². The second-order valence-corrected chi connectivity index (χ2v) is 3.50. The Morgan fingerprint density at radius 3 is 2.69 bits per heavy atom. The second kappa shape index (κ2) is 3.60. The zero-order valence-corrected chi connectivity index (χ0v) is 8.33. The maximum absolute atomic E-state index is 7.19. The lowest BCUT2D eigenvalue weighted by Gasteiger charge is -2.08. The van der Waals surface area contributed by atoms with Crippen molar-refractivity contribution in [2.75, 3.05) is 0 Å². The molecule has 1 aromatic heterocycles. The Kier molecular flexibility index (Phi) is 2.70. The lowest BCUT2D eigenvalue weighted by molar-refractivity contribution is 0.518. The molecular weight excluding hydrogens is 164 g/mol. The first-order valence-corrected chi connectivity index (χ1v) is 4.38. The van der Waals surface area contributed by atoms with Crippen LogP contribution in [0.15, 0.2) is 6.20 Å². The quantitative estimate of drug-likeness (QED) is 0.543. The third kappa shape index (κ3) is 2.08. The van der Waals surface area contributed by atoms with Crippen molar-refractivity contribution in [3.63, 3.8) is 0 Å². The number of hydrogen-bond acceptors (Lipinski definition) is 2. The van der Waals surface area contributed by atoms with Gasteiger partial charge >= 0.3 is 0 Å². The summed E-state index contributed by atoms with van der Waals surface area (Å²) in [6.45, 7) is 6.17. The summed E-state index contributed by atoms with van der Waals surface area (Å²) in [7, 11) is 0. The predicted octanol–water partition coefficient (Wildman–Crippen LogP) is 1.25. The van der Waals surface area contributed by atoms with E-state index in [0.29, 0.717) is 12.5 Å². The molecule has 0 aromatic carbocycles. The largest absolute Gasteiger partial charge is 0.387 e. The minimum atomic E-state index is 0.186. The molecule has 4 nitrogen and oxygen atoms in total. The van der Waals surface area contributed by atoms with Crippen LogP contribution in [0.25, 0.3) is 0 Å². The molecule has 0 aliphatic rings.